The first-order valence-corrected chi connectivity index (χ1v) is 6.87. The van der Waals surface area contributed by atoms with Crippen LogP contribution in [0.3, 0.4) is 0 Å². The van der Waals surface area contributed by atoms with Gasteiger partial charge in [-0.1, -0.05) is 42.5 Å². The number of imidazole rings is 1. The van der Waals surface area contributed by atoms with E-state index in [2.05, 4.69) is 4.98 Å². The molecule has 3 rings (SSSR count). The third-order valence-corrected chi connectivity index (χ3v) is 3.64. The van der Waals surface area contributed by atoms with Crippen LogP contribution < -0.4 is 0 Å². The number of nitrogens with zero attached hydrogens (tertiary/aromatic N) is 2. The van der Waals surface area contributed by atoms with E-state index in [0.717, 1.165) is 22.4 Å². The van der Waals surface area contributed by atoms with Gasteiger partial charge in [0.2, 0.25) is 0 Å². The number of hydrogen-bond donors (Lipinski definition) is 1. The summed E-state index contributed by atoms with van der Waals surface area (Å²) < 4.78 is 2.01. The number of fused-ring (bicyclic) bond motifs is 1. The number of hydrogen-bond acceptors (Lipinski definition) is 2. The van der Waals surface area contributed by atoms with Crippen molar-refractivity contribution in [3.8, 4) is 0 Å². The van der Waals surface area contributed by atoms with Crippen LogP contribution in [0, 0.1) is 6.92 Å². The minimum Gasteiger partial charge on any atom is -0.481 e. The van der Waals surface area contributed by atoms with Gasteiger partial charge < -0.3 is 9.67 Å². The molecule has 0 bridgehead atoms. The maximum Gasteiger partial charge on any atom is 0.305 e. The fraction of sp³-hybridized carbons (Fsp3) is 0.176. The van der Waals surface area contributed by atoms with Gasteiger partial charge in [0.1, 0.15) is 5.82 Å². The van der Waals surface area contributed by atoms with E-state index in [1.54, 1.807) is 0 Å². The Labute approximate surface area is 122 Å². The van der Waals surface area contributed by atoms with Gasteiger partial charge in [-0.15, -0.1) is 0 Å². The van der Waals surface area contributed by atoms with Crippen LogP contribution in [-0.2, 0) is 4.79 Å². The van der Waals surface area contributed by atoms with Gasteiger partial charge in [0.15, 0.2) is 0 Å². The Morgan fingerprint density at radius 2 is 1.81 bits per heavy atom. The van der Waals surface area contributed by atoms with Crippen LogP contribution in [0.1, 0.15) is 23.9 Å². The number of aryl methyl sites for hydroxylation is 1. The molecule has 0 aliphatic carbocycles. The number of rotatable bonds is 4. The maximum atomic E-state index is 11.3. The van der Waals surface area contributed by atoms with E-state index >= 15 is 0 Å². The first kappa shape index (κ1) is 13.4. The predicted octanol–water partition coefficient (Wildman–Crippen LogP) is 3.41. The molecule has 4 heteroatoms. The van der Waals surface area contributed by atoms with Crippen LogP contribution in [0.25, 0.3) is 11.0 Å². The highest BCUT2D eigenvalue weighted by atomic mass is 16.4. The van der Waals surface area contributed by atoms with Gasteiger partial charge in [0, 0.05) is 0 Å². The molecule has 0 aliphatic heterocycles. The lowest BCUT2D eigenvalue weighted by atomic mass is 10.0. The van der Waals surface area contributed by atoms with Crippen LogP contribution in [0.5, 0.6) is 0 Å². The molecule has 0 spiro atoms. The molecule has 0 saturated carbocycles. The van der Waals surface area contributed by atoms with Gasteiger partial charge >= 0.3 is 5.97 Å². The van der Waals surface area contributed by atoms with Crippen molar-refractivity contribution < 1.29 is 9.90 Å². The van der Waals surface area contributed by atoms with Crippen LogP contribution in [0.2, 0.25) is 0 Å². The summed E-state index contributed by atoms with van der Waals surface area (Å²) in [5.41, 5.74) is 2.83. The Hall–Kier alpha value is -2.62. The summed E-state index contributed by atoms with van der Waals surface area (Å²) >= 11 is 0. The van der Waals surface area contributed by atoms with E-state index < -0.39 is 5.97 Å². The largest absolute Gasteiger partial charge is 0.481 e. The monoisotopic (exact) mass is 280 g/mol. The Balaban J connectivity index is 2.19. The quantitative estimate of drug-likeness (QED) is 0.796. The fourth-order valence-corrected chi connectivity index (χ4v) is 2.76. The van der Waals surface area contributed by atoms with Crippen molar-refractivity contribution in [1.82, 2.24) is 9.55 Å². The lowest BCUT2D eigenvalue weighted by Gasteiger charge is -2.20. The summed E-state index contributed by atoms with van der Waals surface area (Å²) in [5, 5.41) is 9.27. The lowest BCUT2D eigenvalue weighted by Crippen LogP contribution is -2.16. The number of aromatic nitrogens is 2. The minimum atomic E-state index is -0.818. The average Bonchev–Trinajstić information content (AvgIpc) is 2.81. The van der Waals surface area contributed by atoms with Gasteiger partial charge in [-0.2, -0.15) is 0 Å². The standard InChI is InChI=1S/C17H16N2O2/c1-12-18-14-9-5-6-10-15(14)19(12)16(11-17(20)21)13-7-3-2-4-8-13/h2-10,16H,11H2,1H3,(H,20,21). The molecule has 1 N–H and O–H groups in total. The van der Waals surface area contributed by atoms with Gasteiger partial charge in [-0.05, 0) is 24.6 Å². The Kier molecular flexibility index (Phi) is 3.44. The second kappa shape index (κ2) is 5.40. The molecule has 3 aromatic rings. The summed E-state index contributed by atoms with van der Waals surface area (Å²) in [4.78, 5) is 15.8. The van der Waals surface area contributed by atoms with Crippen molar-refractivity contribution in [2.75, 3.05) is 0 Å². The van der Waals surface area contributed by atoms with Crippen LogP contribution in [0.4, 0.5) is 0 Å². The number of carboxylic acid groups (broad SMARTS) is 1. The van der Waals surface area contributed by atoms with E-state index in [9.17, 15) is 9.90 Å². The van der Waals surface area contributed by atoms with Crippen molar-refractivity contribution in [2.45, 2.75) is 19.4 Å². The number of para-hydroxylation sites is 2. The number of carboxylic acids is 1. The summed E-state index contributed by atoms with van der Waals surface area (Å²) in [7, 11) is 0. The molecule has 0 aliphatic rings. The van der Waals surface area contributed by atoms with Crippen molar-refractivity contribution in [2.24, 2.45) is 0 Å². The highest BCUT2D eigenvalue weighted by molar-refractivity contribution is 5.77. The molecular formula is C17H16N2O2. The average molecular weight is 280 g/mol. The van der Waals surface area contributed by atoms with E-state index in [4.69, 9.17) is 0 Å². The van der Waals surface area contributed by atoms with Crippen molar-refractivity contribution >= 4 is 17.0 Å². The van der Waals surface area contributed by atoms with Gasteiger partial charge in [0.05, 0.1) is 23.5 Å². The number of aliphatic carboxylic acids is 1. The van der Waals surface area contributed by atoms with Crippen molar-refractivity contribution in [3.05, 3.63) is 66.0 Å². The summed E-state index contributed by atoms with van der Waals surface area (Å²) in [6.45, 7) is 1.91. The Bertz CT molecular complexity index is 778. The van der Waals surface area contributed by atoms with E-state index in [0.29, 0.717) is 0 Å². The topological polar surface area (TPSA) is 55.1 Å². The summed E-state index contributed by atoms with van der Waals surface area (Å²) in [6, 6.07) is 17.3. The molecule has 2 aromatic carbocycles. The molecule has 0 fully saturated rings. The van der Waals surface area contributed by atoms with E-state index in [1.165, 1.54) is 0 Å². The zero-order chi connectivity index (χ0) is 14.8. The summed E-state index contributed by atoms with van der Waals surface area (Å²) in [5.74, 6) is 0.00679. The van der Waals surface area contributed by atoms with Gasteiger partial charge in [-0.25, -0.2) is 4.98 Å². The maximum absolute atomic E-state index is 11.3. The molecule has 0 saturated heterocycles. The molecule has 0 amide bonds. The van der Waals surface area contributed by atoms with Gasteiger partial charge in [0.25, 0.3) is 0 Å². The van der Waals surface area contributed by atoms with Crippen molar-refractivity contribution in [3.63, 3.8) is 0 Å². The Morgan fingerprint density at radius 3 is 2.52 bits per heavy atom. The second-order valence-electron chi connectivity index (χ2n) is 5.04. The lowest BCUT2D eigenvalue weighted by molar-refractivity contribution is -0.137. The molecular weight excluding hydrogens is 264 g/mol. The molecule has 21 heavy (non-hydrogen) atoms. The van der Waals surface area contributed by atoms with Gasteiger partial charge in [-0.3, -0.25) is 4.79 Å². The smallest absolute Gasteiger partial charge is 0.305 e. The van der Waals surface area contributed by atoms with E-state index in [-0.39, 0.29) is 12.5 Å². The molecule has 106 valence electrons. The molecule has 4 nitrogen and oxygen atoms in total. The molecule has 0 radical (unpaired) electrons. The molecule has 1 unspecified atom stereocenters. The van der Waals surface area contributed by atoms with E-state index in [1.807, 2.05) is 66.1 Å². The SMILES string of the molecule is Cc1nc2ccccc2n1C(CC(=O)O)c1ccccc1. The third-order valence-electron chi connectivity index (χ3n) is 3.64. The first-order valence-electron chi connectivity index (χ1n) is 6.87. The molecule has 1 atom stereocenters. The van der Waals surface area contributed by atoms with Crippen LogP contribution in [-0.4, -0.2) is 20.6 Å². The second-order valence-corrected chi connectivity index (χ2v) is 5.04. The normalized spacial score (nSPS) is 12.4. The first-order chi connectivity index (χ1) is 10.2. The Morgan fingerprint density at radius 1 is 1.14 bits per heavy atom. The summed E-state index contributed by atoms with van der Waals surface area (Å²) in [6.07, 6.45) is 0.0329. The van der Waals surface area contributed by atoms with Crippen LogP contribution >= 0.6 is 0 Å². The predicted molar refractivity (Wildman–Crippen MR) is 81.3 cm³/mol. The van der Waals surface area contributed by atoms with Crippen molar-refractivity contribution in [1.29, 1.82) is 0 Å². The zero-order valence-corrected chi connectivity index (χ0v) is 11.7. The number of benzene rings is 2. The molecule has 1 aromatic heterocycles. The highest BCUT2D eigenvalue weighted by Crippen LogP contribution is 2.28. The minimum absolute atomic E-state index is 0.0329. The fourth-order valence-electron chi connectivity index (χ4n) is 2.76. The highest BCUT2D eigenvalue weighted by Gasteiger charge is 2.21. The number of carbonyl (C=O) groups is 1. The third kappa shape index (κ3) is 2.52. The molecule has 1 heterocycles. The van der Waals surface area contributed by atoms with Crippen LogP contribution in [0.15, 0.2) is 54.6 Å². The zero-order valence-electron chi connectivity index (χ0n) is 11.7.